The molecule has 3 rings (SSSR count). The molecular formula is C13H10ClN3O3S3. The number of nitrogens with one attached hydrogen (secondary N) is 1. The number of halogens is 1. The van der Waals surface area contributed by atoms with E-state index in [0.717, 1.165) is 16.6 Å². The summed E-state index contributed by atoms with van der Waals surface area (Å²) in [4.78, 5) is 12.4. The maximum absolute atomic E-state index is 12.7. The highest BCUT2D eigenvalue weighted by molar-refractivity contribution is 7.93. The van der Waals surface area contributed by atoms with Gasteiger partial charge in [-0.1, -0.05) is 6.07 Å². The molecule has 3 aromatic rings. The minimum Gasteiger partial charge on any atom is -0.275 e. The van der Waals surface area contributed by atoms with Gasteiger partial charge in [-0.3, -0.25) is 9.52 Å². The Morgan fingerprint density at radius 1 is 1.26 bits per heavy atom. The second-order valence-corrected chi connectivity index (χ2v) is 8.50. The first kappa shape index (κ1) is 16.3. The van der Waals surface area contributed by atoms with E-state index in [1.165, 1.54) is 17.4 Å². The number of hydrogen-bond donors (Lipinski definition) is 1. The first-order valence-corrected chi connectivity index (χ1v) is 9.76. The number of rotatable bonds is 4. The van der Waals surface area contributed by atoms with Crippen LogP contribution < -0.4 is 4.72 Å². The number of thiophene rings is 1. The highest BCUT2D eigenvalue weighted by atomic mass is 35.5. The summed E-state index contributed by atoms with van der Waals surface area (Å²) in [5.74, 6) is 0. The summed E-state index contributed by atoms with van der Waals surface area (Å²) < 4.78 is 35.9. The molecule has 0 radical (unpaired) electrons. The van der Waals surface area contributed by atoms with Gasteiger partial charge in [0.05, 0.1) is 17.3 Å². The van der Waals surface area contributed by atoms with Crippen LogP contribution in [-0.2, 0) is 10.0 Å². The zero-order valence-corrected chi connectivity index (χ0v) is 15.2. The smallest absolute Gasteiger partial charge is 0.264 e. The lowest BCUT2D eigenvalue weighted by molar-refractivity contribution is 0.108. The maximum atomic E-state index is 12.7. The monoisotopic (exact) mass is 387 g/mol. The van der Waals surface area contributed by atoms with Gasteiger partial charge in [-0.15, -0.1) is 11.3 Å². The average molecular weight is 388 g/mol. The number of nitrogens with zero attached hydrogens (tertiary/aromatic N) is 2. The topological polar surface area (TPSA) is 89.0 Å². The summed E-state index contributed by atoms with van der Waals surface area (Å²) in [6.45, 7) is 3.52. The quantitative estimate of drug-likeness (QED) is 0.691. The Hall–Kier alpha value is -1.55. The summed E-state index contributed by atoms with van der Waals surface area (Å²) in [7, 11) is -3.92. The van der Waals surface area contributed by atoms with Crippen LogP contribution in [0.1, 0.15) is 20.8 Å². The van der Waals surface area contributed by atoms with E-state index in [0.29, 0.717) is 16.6 Å². The standard InChI is InChI=1S/C13H10ClN3O3S3/c1-6-7(2)21-13(10(6)12(14)18)17-23(19,20)9-5-3-4-8-11(9)16-22-15-8/h3-5,17H,1-2H3. The van der Waals surface area contributed by atoms with Crippen molar-refractivity contribution in [3.8, 4) is 0 Å². The van der Waals surface area contributed by atoms with Crippen LogP contribution in [-0.4, -0.2) is 22.4 Å². The van der Waals surface area contributed by atoms with Crippen molar-refractivity contribution < 1.29 is 13.2 Å². The normalized spacial score (nSPS) is 11.8. The molecule has 0 aliphatic carbocycles. The third kappa shape index (κ3) is 2.85. The van der Waals surface area contributed by atoms with Gasteiger partial charge in [-0.25, -0.2) is 8.42 Å². The summed E-state index contributed by atoms with van der Waals surface area (Å²) in [5.41, 5.74) is 1.65. The Bertz CT molecular complexity index is 1020. The van der Waals surface area contributed by atoms with E-state index in [-0.39, 0.29) is 15.5 Å². The predicted molar refractivity (Wildman–Crippen MR) is 92.2 cm³/mol. The number of benzene rings is 1. The predicted octanol–water partition coefficient (Wildman–Crippen LogP) is 3.55. The van der Waals surface area contributed by atoms with E-state index in [1.54, 1.807) is 26.0 Å². The van der Waals surface area contributed by atoms with Crippen LogP contribution in [0.3, 0.4) is 0 Å². The SMILES string of the molecule is Cc1sc(NS(=O)(=O)c2cccc3nsnc23)c(C(=O)Cl)c1C. The fraction of sp³-hybridized carbons (Fsp3) is 0.154. The van der Waals surface area contributed by atoms with Gasteiger partial charge in [0, 0.05) is 4.88 Å². The molecule has 0 aliphatic rings. The largest absolute Gasteiger partial charge is 0.275 e. The minimum atomic E-state index is -3.92. The molecule has 10 heteroatoms. The number of fused-ring (bicyclic) bond motifs is 1. The van der Waals surface area contributed by atoms with E-state index >= 15 is 0 Å². The summed E-state index contributed by atoms with van der Waals surface area (Å²) >= 11 is 7.70. The van der Waals surface area contributed by atoms with E-state index in [9.17, 15) is 13.2 Å². The molecule has 2 heterocycles. The molecule has 0 amide bonds. The van der Waals surface area contributed by atoms with Gasteiger partial charge in [-0.2, -0.15) is 8.75 Å². The number of anilines is 1. The molecule has 0 saturated heterocycles. The summed E-state index contributed by atoms with van der Waals surface area (Å²) in [5, 5.41) is -0.488. The van der Waals surface area contributed by atoms with Crippen molar-refractivity contribution in [1.29, 1.82) is 0 Å². The Balaban J connectivity index is 2.11. The highest BCUT2D eigenvalue weighted by Crippen LogP contribution is 2.35. The van der Waals surface area contributed by atoms with Crippen LogP contribution in [0.25, 0.3) is 11.0 Å². The van der Waals surface area contributed by atoms with Crippen LogP contribution in [0.5, 0.6) is 0 Å². The van der Waals surface area contributed by atoms with Gasteiger partial charge in [0.15, 0.2) is 0 Å². The van der Waals surface area contributed by atoms with Crippen molar-refractivity contribution >= 4 is 66.0 Å². The molecule has 0 unspecified atom stereocenters. The molecule has 0 aliphatic heterocycles. The second-order valence-electron chi connectivity index (χ2n) is 4.75. The fourth-order valence-corrected chi connectivity index (χ4v) is 5.53. The average Bonchev–Trinajstić information content (AvgIpc) is 3.03. The zero-order valence-electron chi connectivity index (χ0n) is 12.0. The number of aryl methyl sites for hydroxylation is 1. The molecule has 120 valence electrons. The Kier molecular flexibility index (Phi) is 4.13. The molecule has 6 nitrogen and oxygen atoms in total. The third-order valence-corrected chi connectivity index (χ3v) is 6.71. The molecule has 1 N–H and O–H groups in total. The van der Waals surface area contributed by atoms with Crippen molar-refractivity contribution in [3.05, 3.63) is 34.2 Å². The fourth-order valence-electron chi connectivity index (χ4n) is 2.11. The van der Waals surface area contributed by atoms with Crippen LogP contribution in [0.4, 0.5) is 5.00 Å². The highest BCUT2D eigenvalue weighted by Gasteiger charge is 2.25. The number of hydrogen-bond acceptors (Lipinski definition) is 7. The minimum absolute atomic E-state index is 0.0143. The van der Waals surface area contributed by atoms with Gasteiger partial charge in [0.25, 0.3) is 15.3 Å². The Morgan fingerprint density at radius 2 is 2.00 bits per heavy atom. The van der Waals surface area contributed by atoms with E-state index < -0.39 is 15.3 Å². The van der Waals surface area contributed by atoms with Crippen LogP contribution in [0.15, 0.2) is 23.1 Å². The number of aromatic nitrogens is 2. The molecule has 0 bridgehead atoms. The zero-order chi connectivity index (χ0) is 16.8. The molecule has 23 heavy (non-hydrogen) atoms. The Labute approximate surface area is 145 Å². The van der Waals surface area contributed by atoms with E-state index in [2.05, 4.69) is 13.5 Å². The molecular weight excluding hydrogens is 378 g/mol. The number of sulfonamides is 1. The first-order valence-electron chi connectivity index (χ1n) is 6.35. The van der Waals surface area contributed by atoms with Crippen LogP contribution in [0.2, 0.25) is 0 Å². The van der Waals surface area contributed by atoms with E-state index in [1.807, 2.05) is 0 Å². The van der Waals surface area contributed by atoms with E-state index in [4.69, 9.17) is 11.6 Å². The molecule has 0 saturated carbocycles. The van der Waals surface area contributed by atoms with Gasteiger partial charge in [0.2, 0.25) is 0 Å². The van der Waals surface area contributed by atoms with Gasteiger partial charge >= 0.3 is 0 Å². The number of carbonyl (C=O) groups excluding carboxylic acids is 1. The first-order chi connectivity index (χ1) is 10.8. The van der Waals surface area contributed by atoms with Gasteiger partial charge in [-0.05, 0) is 43.1 Å². The summed E-state index contributed by atoms with van der Waals surface area (Å²) in [6.07, 6.45) is 0. The van der Waals surface area contributed by atoms with Crippen molar-refractivity contribution in [1.82, 2.24) is 8.75 Å². The molecule has 1 aromatic carbocycles. The molecule has 2 aromatic heterocycles. The van der Waals surface area contributed by atoms with Gasteiger partial charge < -0.3 is 0 Å². The van der Waals surface area contributed by atoms with Crippen molar-refractivity contribution in [2.75, 3.05) is 4.72 Å². The number of carbonyl (C=O) groups is 1. The van der Waals surface area contributed by atoms with Crippen molar-refractivity contribution in [2.24, 2.45) is 0 Å². The van der Waals surface area contributed by atoms with Crippen LogP contribution >= 0.6 is 34.7 Å². The van der Waals surface area contributed by atoms with Gasteiger partial charge in [0.1, 0.15) is 20.9 Å². The third-order valence-electron chi connectivity index (χ3n) is 3.35. The lowest BCUT2D eigenvalue weighted by Gasteiger charge is -2.08. The second kappa shape index (κ2) is 5.82. The maximum Gasteiger partial charge on any atom is 0.264 e. The lowest BCUT2D eigenvalue weighted by Crippen LogP contribution is -2.14. The molecule has 0 atom stereocenters. The lowest BCUT2D eigenvalue weighted by atomic mass is 10.2. The van der Waals surface area contributed by atoms with Crippen LogP contribution in [0, 0.1) is 13.8 Å². The summed E-state index contributed by atoms with van der Waals surface area (Å²) in [6, 6.07) is 4.73. The molecule has 0 spiro atoms. The van der Waals surface area contributed by atoms with Crippen molar-refractivity contribution in [2.45, 2.75) is 18.7 Å². The Morgan fingerprint density at radius 3 is 2.70 bits per heavy atom. The van der Waals surface area contributed by atoms with Crippen molar-refractivity contribution in [3.63, 3.8) is 0 Å². The molecule has 0 fully saturated rings.